The summed E-state index contributed by atoms with van der Waals surface area (Å²) in [5.41, 5.74) is 3.69. The fourth-order valence-corrected chi connectivity index (χ4v) is 3.85. The number of aromatic nitrogens is 4. The third kappa shape index (κ3) is 1.49. The molecule has 2 heterocycles. The van der Waals surface area contributed by atoms with E-state index in [4.69, 9.17) is 16.6 Å². The standard InChI is InChI=1S/C15H23ClN4/c1-7-9-11-12(19(6)18-9)20(10(8-16)17-11)13-14(2,3)15(13,4)5/h13H,7-8H2,1-6H3. The van der Waals surface area contributed by atoms with Crippen molar-refractivity contribution in [3.63, 3.8) is 0 Å². The van der Waals surface area contributed by atoms with Crippen LogP contribution in [0.15, 0.2) is 0 Å². The second-order valence-electron chi connectivity index (χ2n) is 6.97. The average molecular weight is 295 g/mol. The van der Waals surface area contributed by atoms with Gasteiger partial charge in [0.15, 0.2) is 5.65 Å². The molecule has 5 heteroatoms. The van der Waals surface area contributed by atoms with Crippen molar-refractivity contribution in [1.82, 2.24) is 19.3 Å². The fraction of sp³-hybridized carbons (Fsp3) is 0.733. The minimum atomic E-state index is 0.248. The molecule has 20 heavy (non-hydrogen) atoms. The number of fused-ring (bicyclic) bond motifs is 1. The molecule has 3 rings (SSSR count). The van der Waals surface area contributed by atoms with Crippen molar-refractivity contribution in [2.45, 2.75) is 53.0 Å². The van der Waals surface area contributed by atoms with E-state index in [0.29, 0.717) is 11.9 Å². The highest BCUT2D eigenvalue weighted by Gasteiger charge is 2.66. The lowest BCUT2D eigenvalue weighted by atomic mass is 10.0. The van der Waals surface area contributed by atoms with Gasteiger partial charge in [-0.25, -0.2) is 4.98 Å². The van der Waals surface area contributed by atoms with Crippen molar-refractivity contribution in [3.8, 4) is 0 Å². The highest BCUT2D eigenvalue weighted by Crippen LogP contribution is 2.72. The first-order valence-electron chi connectivity index (χ1n) is 7.26. The Labute approximate surface area is 125 Å². The van der Waals surface area contributed by atoms with Crippen molar-refractivity contribution >= 4 is 22.8 Å². The number of alkyl halides is 1. The summed E-state index contributed by atoms with van der Waals surface area (Å²) < 4.78 is 4.29. The van der Waals surface area contributed by atoms with Gasteiger partial charge in [-0.1, -0.05) is 34.6 Å². The van der Waals surface area contributed by atoms with E-state index in [1.54, 1.807) is 0 Å². The van der Waals surface area contributed by atoms with Gasteiger partial charge in [-0.3, -0.25) is 4.68 Å². The lowest BCUT2D eigenvalue weighted by Gasteiger charge is -2.10. The average Bonchev–Trinajstić information content (AvgIpc) is 2.75. The Hall–Kier alpha value is -1.03. The lowest BCUT2D eigenvalue weighted by molar-refractivity contribution is 0.457. The Bertz CT molecular complexity index is 664. The third-order valence-electron chi connectivity index (χ3n) is 5.47. The molecule has 0 aliphatic heterocycles. The molecule has 2 aromatic rings. The van der Waals surface area contributed by atoms with Gasteiger partial charge in [-0.15, -0.1) is 11.6 Å². The monoisotopic (exact) mass is 294 g/mol. The van der Waals surface area contributed by atoms with Crippen LogP contribution in [0.1, 0.15) is 52.2 Å². The predicted octanol–water partition coefficient (Wildman–Crippen LogP) is 3.68. The van der Waals surface area contributed by atoms with E-state index in [2.05, 4.69) is 44.3 Å². The van der Waals surface area contributed by atoms with E-state index in [0.717, 1.165) is 29.1 Å². The quantitative estimate of drug-likeness (QED) is 0.810. The van der Waals surface area contributed by atoms with Crippen molar-refractivity contribution in [1.29, 1.82) is 0 Å². The van der Waals surface area contributed by atoms with Crippen LogP contribution in [0.2, 0.25) is 0 Å². The summed E-state index contributed by atoms with van der Waals surface area (Å²) in [4.78, 5) is 4.76. The van der Waals surface area contributed by atoms with E-state index in [1.165, 1.54) is 0 Å². The maximum Gasteiger partial charge on any atom is 0.159 e. The van der Waals surface area contributed by atoms with Crippen molar-refractivity contribution < 1.29 is 0 Å². The molecule has 0 aromatic carbocycles. The summed E-state index contributed by atoms with van der Waals surface area (Å²) in [6.07, 6.45) is 0.896. The molecule has 2 aromatic heterocycles. The molecule has 0 spiro atoms. The van der Waals surface area contributed by atoms with Crippen LogP contribution in [-0.2, 0) is 19.3 Å². The van der Waals surface area contributed by atoms with Gasteiger partial charge >= 0.3 is 0 Å². The van der Waals surface area contributed by atoms with E-state index >= 15 is 0 Å². The van der Waals surface area contributed by atoms with Crippen LogP contribution >= 0.6 is 11.6 Å². The normalized spacial score (nSPS) is 20.8. The maximum atomic E-state index is 6.15. The molecule has 1 aliphatic carbocycles. The molecule has 1 saturated carbocycles. The summed E-state index contributed by atoms with van der Waals surface area (Å²) in [5.74, 6) is 1.41. The summed E-state index contributed by atoms with van der Waals surface area (Å²) in [5, 5.41) is 4.60. The number of nitrogens with zero attached hydrogens (tertiary/aromatic N) is 4. The lowest BCUT2D eigenvalue weighted by Crippen LogP contribution is -2.08. The smallest absolute Gasteiger partial charge is 0.159 e. The molecule has 0 atom stereocenters. The second kappa shape index (κ2) is 4.00. The van der Waals surface area contributed by atoms with E-state index < -0.39 is 0 Å². The molecule has 0 amide bonds. The SMILES string of the molecule is CCc1nn(C)c2c1nc(CCl)n2C1C(C)(C)C1(C)C. The van der Waals surface area contributed by atoms with Crippen LogP contribution in [0, 0.1) is 10.8 Å². The van der Waals surface area contributed by atoms with Crippen molar-refractivity contribution in [2.75, 3.05) is 0 Å². The Morgan fingerprint density at radius 2 is 1.80 bits per heavy atom. The Kier molecular flexibility index (Phi) is 2.79. The summed E-state index contributed by atoms with van der Waals surface area (Å²) in [7, 11) is 2.00. The van der Waals surface area contributed by atoms with Crippen LogP contribution in [0.25, 0.3) is 11.2 Å². The molecule has 0 unspecified atom stereocenters. The van der Waals surface area contributed by atoms with Gasteiger partial charge in [-0.2, -0.15) is 5.10 Å². The number of hydrogen-bond acceptors (Lipinski definition) is 2. The summed E-state index contributed by atoms with van der Waals surface area (Å²) in [6, 6.07) is 0.425. The van der Waals surface area contributed by atoms with Gasteiger partial charge in [0.05, 0.1) is 11.6 Å². The molecule has 1 fully saturated rings. The van der Waals surface area contributed by atoms with Gasteiger partial charge < -0.3 is 4.57 Å². The third-order valence-corrected chi connectivity index (χ3v) is 5.71. The molecule has 1 aliphatic rings. The predicted molar refractivity (Wildman–Crippen MR) is 82.0 cm³/mol. The van der Waals surface area contributed by atoms with Crippen LogP contribution in [0.4, 0.5) is 0 Å². The summed E-state index contributed by atoms with van der Waals surface area (Å²) in [6.45, 7) is 11.4. The van der Waals surface area contributed by atoms with Gasteiger partial charge in [0.2, 0.25) is 0 Å². The molecule has 0 N–H and O–H groups in total. The largest absolute Gasteiger partial charge is 0.308 e. The Morgan fingerprint density at radius 3 is 2.25 bits per heavy atom. The molecule has 110 valence electrons. The van der Waals surface area contributed by atoms with E-state index in [9.17, 15) is 0 Å². The first-order valence-corrected chi connectivity index (χ1v) is 7.79. The molecule has 0 radical (unpaired) electrons. The van der Waals surface area contributed by atoms with Crippen LogP contribution in [-0.4, -0.2) is 19.3 Å². The zero-order chi connectivity index (χ0) is 14.9. The number of halogens is 1. The number of aryl methyl sites for hydroxylation is 2. The van der Waals surface area contributed by atoms with Gasteiger partial charge in [-0.05, 0) is 17.3 Å². The van der Waals surface area contributed by atoms with E-state index in [1.807, 2.05) is 11.7 Å². The highest BCUT2D eigenvalue weighted by atomic mass is 35.5. The molecule has 0 bridgehead atoms. The zero-order valence-electron chi connectivity index (χ0n) is 13.2. The van der Waals surface area contributed by atoms with Crippen molar-refractivity contribution in [3.05, 3.63) is 11.5 Å². The fourth-order valence-electron chi connectivity index (χ4n) is 3.66. The van der Waals surface area contributed by atoms with Gasteiger partial charge in [0.1, 0.15) is 11.3 Å². The van der Waals surface area contributed by atoms with Gasteiger partial charge in [0, 0.05) is 13.1 Å². The van der Waals surface area contributed by atoms with Crippen LogP contribution in [0.5, 0.6) is 0 Å². The van der Waals surface area contributed by atoms with Gasteiger partial charge in [0.25, 0.3) is 0 Å². The molecular weight excluding hydrogens is 272 g/mol. The van der Waals surface area contributed by atoms with Crippen molar-refractivity contribution in [2.24, 2.45) is 17.9 Å². The molecule has 0 saturated heterocycles. The number of imidazole rings is 1. The van der Waals surface area contributed by atoms with Crippen LogP contribution in [0.3, 0.4) is 0 Å². The number of rotatable bonds is 3. The molecule has 4 nitrogen and oxygen atoms in total. The first kappa shape index (κ1) is 13.9. The molecular formula is C15H23ClN4. The highest BCUT2D eigenvalue weighted by molar-refractivity contribution is 6.16. The summed E-state index contributed by atoms with van der Waals surface area (Å²) >= 11 is 6.15. The van der Waals surface area contributed by atoms with Crippen LogP contribution < -0.4 is 0 Å². The van der Waals surface area contributed by atoms with E-state index in [-0.39, 0.29) is 10.8 Å². The topological polar surface area (TPSA) is 35.6 Å². The Balaban J connectivity index is 2.28. The minimum absolute atomic E-state index is 0.248. The first-order chi connectivity index (χ1) is 9.27. The maximum absolute atomic E-state index is 6.15. The second-order valence-corrected chi connectivity index (χ2v) is 7.24. The minimum Gasteiger partial charge on any atom is -0.308 e. The number of hydrogen-bond donors (Lipinski definition) is 0. The Morgan fingerprint density at radius 1 is 1.20 bits per heavy atom. The zero-order valence-corrected chi connectivity index (χ0v) is 13.9.